The zero-order valence-corrected chi connectivity index (χ0v) is 16.0. The first-order chi connectivity index (χ1) is 12.9. The van der Waals surface area contributed by atoms with Gasteiger partial charge in [0.2, 0.25) is 5.91 Å². The first-order valence-corrected chi connectivity index (χ1v) is 9.43. The van der Waals surface area contributed by atoms with Gasteiger partial charge in [0.1, 0.15) is 0 Å². The van der Waals surface area contributed by atoms with Crippen LogP contribution in [-0.4, -0.2) is 40.7 Å². The van der Waals surface area contributed by atoms with Crippen LogP contribution in [0.1, 0.15) is 42.6 Å². The highest BCUT2D eigenvalue weighted by Crippen LogP contribution is 2.33. The summed E-state index contributed by atoms with van der Waals surface area (Å²) >= 11 is 0. The molecule has 1 amide bonds. The molecule has 0 saturated carbocycles. The first-order valence-electron chi connectivity index (χ1n) is 9.43. The first kappa shape index (κ1) is 19.5. The van der Waals surface area contributed by atoms with Gasteiger partial charge in [-0.2, -0.15) is 0 Å². The lowest BCUT2D eigenvalue weighted by atomic mass is 9.84. The lowest BCUT2D eigenvalue weighted by Gasteiger charge is -2.39. The Balaban J connectivity index is 1.56. The van der Waals surface area contributed by atoms with Crippen LogP contribution in [0.25, 0.3) is 0 Å². The number of piperidine rings is 1. The Kier molecular flexibility index (Phi) is 5.95. The molecule has 27 heavy (non-hydrogen) atoms. The molecule has 2 aromatic rings. The third-order valence-electron chi connectivity index (χ3n) is 5.29. The molecule has 0 unspecified atom stereocenters. The Morgan fingerprint density at radius 3 is 2.44 bits per heavy atom. The molecule has 144 valence electrons. The molecule has 1 atom stereocenters. The Bertz CT molecular complexity index is 780. The monoisotopic (exact) mass is 368 g/mol. The molecule has 1 aliphatic heterocycles. The summed E-state index contributed by atoms with van der Waals surface area (Å²) in [4.78, 5) is 13.3. The molecule has 0 radical (unpaired) electrons. The van der Waals surface area contributed by atoms with Crippen molar-refractivity contribution < 1.29 is 15.0 Å². The van der Waals surface area contributed by atoms with E-state index in [-0.39, 0.29) is 5.91 Å². The molecular formula is C22H28N2O3. The molecule has 5 heteroatoms. The number of aliphatic hydroxyl groups is 2. The molecule has 3 rings (SSSR count). The van der Waals surface area contributed by atoms with Crippen LogP contribution in [0.4, 0.5) is 5.69 Å². The molecular weight excluding hydrogens is 340 g/mol. The van der Waals surface area contributed by atoms with Gasteiger partial charge in [-0.05, 0) is 43.0 Å². The van der Waals surface area contributed by atoms with E-state index in [0.29, 0.717) is 19.4 Å². The normalized spacial score (nSPS) is 18.1. The summed E-state index contributed by atoms with van der Waals surface area (Å²) in [6, 6.07) is 15.3. The van der Waals surface area contributed by atoms with Gasteiger partial charge in [0.25, 0.3) is 0 Å². The predicted octanol–water partition coefficient (Wildman–Crippen LogP) is 2.97. The van der Waals surface area contributed by atoms with Gasteiger partial charge in [0.05, 0.1) is 11.7 Å². The fourth-order valence-corrected chi connectivity index (χ4v) is 3.67. The van der Waals surface area contributed by atoms with Crippen LogP contribution in [0.5, 0.6) is 0 Å². The van der Waals surface area contributed by atoms with Crippen molar-refractivity contribution in [3.8, 4) is 0 Å². The standard InChI is InChI=1S/C22H28N2O3/c1-16-4-3-5-19(14-16)22(27)10-12-24(13-11-22)15-21(26)18-6-8-20(9-7-18)23-17(2)25/h3-9,14,21,26-27H,10-13,15H2,1-2H3,(H,23,25)/t21-/m0/s1. The fourth-order valence-electron chi connectivity index (χ4n) is 3.67. The smallest absolute Gasteiger partial charge is 0.221 e. The van der Waals surface area contributed by atoms with E-state index in [9.17, 15) is 15.0 Å². The number of hydrogen-bond acceptors (Lipinski definition) is 4. The minimum atomic E-state index is -0.784. The van der Waals surface area contributed by atoms with Gasteiger partial charge in [-0.3, -0.25) is 4.79 Å². The second-order valence-electron chi connectivity index (χ2n) is 7.52. The number of aliphatic hydroxyl groups excluding tert-OH is 1. The Hall–Kier alpha value is -2.21. The number of nitrogens with zero attached hydrogens (tertiary/aromatic N) is 1. The molecule has 0 spiro atoms. The topological polar surface area (TPSA) is 72.8 Å². The van der Waals surface area contributed by atoms with Gasteiger partial charge in [-0.15, -0.1) is 0 Å². The Morgan fingerprint density at radius 1 is 1.19 bits per heavy atom. The van der Waals surface area contributed by atoms with E-state index < -0.39 is 11.7 Å². The molecule has 2 aromatic carbocycles. The summed E-state index contributed by atoms with van der Waals surface area (Å²) in [6.45, 7) is 5.52. The number of hydrogen-bond donors (Lipinski definition) is 3. The zero-order valence-electron chi connectivity index (χ0n) is 16.0. The number of nitrogens with one attached hydrogen (secondary N) is 1. The largest absolute Gasteiger partial charge is 0.387 e. The second-order valence-corrected chi connectivity index (χ2v) is 7.52. The average Bonchev–Trinajstić information content (AvgIpc) is 2.64. The number of aryl methyl sites for hydroxylation is 1. The minimum absolute atomic E-state index is 0.113. The van der Waals surface area contributed by atoms with E-state index in [1.165, 1.54) is 6.92 Å². The van der Waals surface area contributed by atoms with Crippen molar-refractivity contribution in [1.29, 1.82) is 0 Å². The third kappa shape index (κ3) is 4.95. The van der Waals surface area contributed by atoms with Crippen molar-refractivity contribution in [3.05, 3.63) is 65.2 Å². The second kappa shape index (κ2) is 8.21. The minimum Gasteiger partial charge on any atom is -0.387 e. The summed E-state index contributed by atoms with van der Waals surface area (Å²) < 4.78 is 0. The fraction of sp³-hybridized carbons (Fsp3) is 0.409. The zero-order chi connectivity index (χ0) is 19.4. The molecule has 0 aromatic heterocycles. The molecule has 3 N–H and O–H groups in total. The average molecular weight is 368 g/mol. The van der Waals surface area contributed by atoms with Crippen molar-refractivity contribution >= 4 is 11.6 Å². The highest BCUT2D eigenvalue weighted by atomic mass is 16.3. The van der Waals surface area contributed by atoms with Gasteiger partial charge < -0.3 is 20.4 Å². The summed E-state index contributed by atoms with van der Waals surface area (Å²) in [6.07, 6.45) is 0.719. The lowest BCUT2D eigenvalue weighted by Crippen LogP contribution is -2.44. The Labute approximate surface area is 160 Å². The van der Waals surface area contributed by atoms with Crippen LogP contribution in [0.15, 0.2) is 48.5 Å². The molecule has 1 saturated heterocycles. The number of benzene rings is 2. The van der Waals surface area contributed by atoms with Crippen molar-refractivity contribution in [1.82, 2.24) is 4.90 Å². The van der Waals surface area contributed by atoms with Crippen LogP contribution in [0.2, 0.25) is 0 Å². The van der Waals surface area contributed by atoms with Gasteiger partial charge in [0.15, 0.2) is 0 Å². The molecule has 5 nitrogen and oxygen atoms in total. The van der Waals surface area contributed by atoms with Crippen LogP contribution >= 0.6 is 0 Å². The molecule has 1 heterocycles. The van der Waals surface area contributed by atoms with E-state index in [1.54, 1.807) is 12.1 Å². The van der Waals surface area contributed by atoms with E-state index in [2.05, 4.69) is 16.3 Å². The number of anilines is 1. The number of amides is 1. The maximum Gasteiger partial charge on any atom is 0.221 e. The summed E-state index contributed by atoms with van der Waals surface area (Å²) in [5, 5.41) is 24.3. The van der Waals surface area contributed by atoms with Crippen molar-refractivity contribution in [2.45, 2.75) is 38.4 Å². The van der Waals surface area contributed by atoms with Crippen LogP contribution < -0.4 is 5.32 Å². The quantitative estimate of drug-likeness (QED) is 0.759. The van der Waals surface area contributed by atoms with Crippen molar-refractivity contribution in [2.75, 3.05) is 25.0 Å². The number of carbonyl (C=O) groups is 1. The highest BCUT2D eigenvalue weighted by Gasteiger charge is 2.34. The molecule has 1 aliphatic rings. The van der Waals surface area contributed by atoms with E-state index in [4.69, 9.17) is 0 Å². The van der Waals surface area contributed by atoms with Gasteiger partial charge in [-0.25, -0.2) is 0 Å². The summed E-state index contributed by atoms with van der Waals surface area (Å²) in [7, 11) is 0. The number of rotatable bonds is 5. The van der Waals surface area contributed by atoms with Gasteiger partial charge in [-0.1, -0.05) is 42.0 Å². The number of β-amino-alcohol motifs (C(OH)–C–C–N with tert-alkyl or cyclic N) is 1. The maximum absolute atomic E-state index is 11.1. The van der Waals surface area contributed by atoms with Crippen LogP contribution in [0.3, 0.4) is 0 Å². The summed E-state index contributed by atoms with van der Waals surface area (Å²) in [5.74, 6) is -0.113. The third-order valence-corrected chi connectivity index (χ3v) is 5.29. The van der Waals surface area contributed by atoms with Crippen molar-refractivity contribution in [2.24, 2.45) is 0 Å². The SMILES string of the molecule is CC(=O)Nc1ccc([C@@H](O)CN2CCC(O)(c3cccc(C)c3)CC2)cc1. The van der Waals surface area contributed by atoms with Crippen LogP contribution in [0, 0.1) is 6.92 Å². The van der Waals surface area contributed by atoms with Crippen molar-refractivity contribution in [3.63, 3.8) is 0 Å². The maximum atomic E-state index is 11.1. The molecule has 0 aliphatic carbocycles. The summed E-state index contributed by atoms with van der Waals surface area (Å²) in [5.41, 5.74) is 2.90. The van der Waals surface area contributed by atoms with E-state index in [0.717, 1.165) is 35.5 Å². The van der Waals surface area contributed by atoms with Crippen LogP contribution in [-0.2, 0) is 10.4 Å². The predicted molar refractivity (Wildman–Crippen MR) is 106 cm³/mol. The highest BCUT2D eigenvalue weighted by molar-refractivity contribution is 5.88. The lowest BCUT2D eigenvalue weighted by molar-refractivity contribution is -0.114. The number of likely N-dealkylation sites (tertiary alicyclic amines) is 1. The van der Waals surface area contributed by atoms with Gasteiger partial charge >= 0.3 is 0 Å². The number of carbonyl (C=O) groups excluding carboxylic acids is 1. The van der Waals surface area contributed by atoms with E-state index in [1.807, 2.05) is 37.3 Å². The molecule has 0 bridgehead atoms. The van der Waals surface area contributed by atoms with Gasteiger partial charge in [0, 0.05) is 32.2 Å². The Morgan fingerprint density at radius 2 is 1.85 bits per heavy atom. The van der Waals surface area contributed by atoms with E-state index >= 15 is 0 Å². The molecule has 1 fully saturated rings.